The number of benzene rings is 2. The Morgan fingerprint density at radius 2 is 1.90 bits per heavy atom. The lowest BCUT2D eigenvalue weighted by Gasteiger charge is -2.27. The number of nitrogens with one attached hydrogen (secondary N) is 3. The van der Waals surface area contributed by atoms with Gasteiger partial charge in [-0.05, 0) is 41.6 Å². The molecule has 2 unspecified atom stereocenters. The average molecular weight is 395 g/mol. The molecule has 0 aliphatic carbocycles. The van der Waals surface area contributed by atoms with E-state index in [9.17, 15) is 9.90 Å². The van der Waals surface area contributed by atoms with Crippen LogP contribution in [0.2, 0.25) is 0 Å². The topological polar surface area (TPSA) is 76.6 Å². The first kappa shape index (κ1) is 19.9. The fourth-order valence-electron chi connectivity index (χ4n) is 4.29. The second kappa shape index (κ2) is 9.39. The summed E-state index contributed by atoms with van der Waals surface area (Å²) in [5.74, 6) is 0. The first-order valence-corrected chi connectivity index (χ1v) is 10.5. The van der Waals surface area contributed by atoms with Crippen LogP contribution in [0.15, 0.2) is 48.5 Å². The summed E-state index contributed by atoms with van der Waals surface area (Å²) in [5, 5.41) is 19.2. The maximum Gasteiger partial charge on any atom is 0.315 e. The fourth-order valence-corrected chi connectivity index (χ4v) is 4.29. The molecule has 0 saturated carbocycles. The minimum atomic E-state index is -0.218. The van der Waals surface area contributed by atoms with Gasteiger partial charge in [-0.15, -0.1) is 0 Å². The van der Waals surface area contributed by atoms with Crippen molar-refractivity contribution in [1.82, 2.24) is 20.9 Å². The molecule has 0 bridgehead atoms. The van der Waals surface area contributed by atoms with Gasteiger partial charge in [-0.1, -0.05) is 48.5 Å². The predicted octanol–water partition coefficient (Wildman–Crippen LogP) is 1.94. The molecule has 4 rings (SSSR count). The van der Waals surface area contributed by atoms with Crippen LogP contribution in [0.25, 0.3) is 0 Å². The summed E-state index contributed by atoms with van der Waals surface area (Å²) in [4.78, 5) is 14.6. The number of likely N-dealkylation sites (tertiary alicyclic amines) is 1. The van der Waals surface area contributed by atoms with E-state index in [-0.39, 0.29) is 18.2 Å². The van der Waals surface area contributed by atoms with Crippen LogP contribution >= 0.6 is 0 Å². The summed E-state index contributed by atoms with van der Waals surface area (Å²) in [6.45, 7) is 4.43. The number of β-amino-alcohol motifs (C(OH)–C–C–N with tert-alkyl or cyclic N) is 1. The summed E-state index contributed by atoms with van der Waals surface area (Å²) in [7, 11) is 0. The van der Waals surface area contributed by atoms with Gasteiger partial charge in [0.15, 0.2) is 0 Å². The number of hydrogen-bond donors (Lipinski definition) is 4. The Morgan fingerprint density at radius 1 is 1.10 bits per heavy atom. The SMILES string of the molecule is O=C(NCc1ccccc1CN1CCC(O)C1)NCC1NCCc2ccccc21. The number of fused-ring (bicyclic) bond motifs is 1. The molecule has 2 aromatic rings. The van der Waals surface area contributed by atoms with Gasteiger partial charge < -0.3 is 21.1 Å². The highest BCUT2D eigenvalue weighted by Gasteiger charge is 2.21. The van der Waals surface area contributed by atoms with Crippen molar-refractivity contribution in [2.45, 2.75) is 38.1 Å². The highest BCUT2D eigenvalue weighted by molar-refractivity contribution is 5.74. The van der Waals surface area contributed by atoms with Gasteiger partial charge in [0.2, 0.25) is 0 Å². The van der Waals surface area contributed by atoms with E-state index in [1.807, 2.05) is 12.1 Å². The zero-order valence-electron chi connectivity index (χ0n) is 16.7. The molecule has 2 aromatic carbocycles. The first-order chi connectivity index (χ1) is 14.2. The molecule has 1 fully saturated rings. The molecule has 0 radical (unpaired) electrons. The van der Waals surface area contributed by atoms with Crippen molar-refractivity contribution in [2.24, 2.45) is 0 Å². The summed E-state index contributed by atoms with van der Waals surface area (Å²) >= 11 is 0. The van der Waals surface area contributed by atoms with Crippen molar-refractivity contribution in [3.8, 4) is 0 Å². The molecule has 1 saturated heterocycles. The third-order valence-electron chi connectivity index (χ3n) is 5.88. The molecule has 6 heteroatoms. The van der Waals surface area contributed by atoms with E-state index >= 15 is 0 Å². The number of hydrogen-bond acceptors (Lipinski definition) is 4. The smallest absolute Gasteiger partial charge is 0.315 e. The van der Waals surface area contributed by atoms with Crippen molar-refractivity contribution in [3.63, 3.8) is 0 Å². The van der Waals surface area contributed by atoms with Crippen LogP contribution in [0.4, 0.5) is 4.79 Å². The van der Waals surface area contributed by atoms with Gasteiger partial charge in [-0.3, -0.25) is 4.90 Å². The molecule has 2 amide bonds. The van der Waals surface area contributed by atoms with Gasteiger partial charge in [0, 0.05) is 38.8 Å². The fraction of sp³-hybridized carbons (Fsp3) is 0.435. The number of aliphatic hydroxyl groups is 1. The number of amides is 2. The third kappa shape index (κ3) is 5.15. The molecular weight excluding hydrogens is 364 g/mol. The Kier molecular flexibility index (Phi) is 6.44. The number of rotatable bonds is 6. The van der Waals surface area contributed by atoms with Crippen molar-refractivity contribution >= 4 is 6.03 Å². The van der Waals surface area contributed by atoms with Crippen molar-refractivity contribution < 1.29 is 9.90 Å². The molecule has 2 aliphatic heterocycles. The zero-order valence-corrected chi connectivity index (χ0v) is 16.7. The number of urea groups is 1. The van der Waals surface area contributed by atoms with E-state index in [2.05, 4.69) is 57.2 Å². The van der Waals surface area contributed by atoms with Gasteiger partial charge >= 0.3 is 6.03 Å². The Bertz CT molecular complexity index is 841. The lowest BCUT2D eigenvalue weighted by Crippen LogP contribution is -2.42. The largest absolute Gasteiger partial charge is 0.392 e. The Morgan fingerprint density at radius 3 is 2.72 bits per heavy atom. The van der Waals surface area contributed by atoms with Gasteiger partial charge in [0.1, 0.15) is 0 Å². The highest BCUT2D eigenvalue weighted by Crippen LogP contribution is 2.22. The highest BCUT2D eigenvalue weighted by atomic mass is 16.3. The molecule has 154 valence electrons. The molecule has 0 spiro atoms. The molecule has 2 aliphatic rings. The van der Waals surface area contributed by atoms with Crippen molar-refractivity contribution in [3.05, 3.63) is 70.8 Å². The predicted molar refractivity (Wildman–Crippen MR) is 113 cm³/mol. The van der Waals surface area contributed by atoms with E-state index in [1.165, 1.54) is 16.7 Å². The van der Waals surface area contributed by atoms with Crippen molar-refractivity contribution in [2.75, 3.05) is 26.2 Å². The number of aliphatic hydroxyl groups excluding tert-OH is 1. The second-order valence-corrected chi connectivity index (χ2v) is 7.97. The number of carbonyl (C=O) groups excluding carboxylic acids is 1. The molecule has 2 heterocycles. The summed E-state index contributed by atoms with van der Waals surface area (Å²) in [5.41, 5.74) is 4.95. The van der Waals surface area contributed by atoms with Crippen LogP contribution in [0.5, 0.6) is 0 Å². The lowest BCUT2D eigenvalue weighted by molar-refractivity contribution is 0.174. The van der Waals surface area contributed by atoms with Gasteiger partial charge in [0.25, 0.3) is 0 Å². The summed E-state index contributed by atoms with van der Waals surface area (Å²) < 4.78 is 0. The maximum absolute atomic E-state index is 12.4. The van der Waals surface area contributed by atoms with Crippen LogP contribution < -0.4 is 16.0 Å². The molecule has 29 heavy (non-hydrogen) atoms. The molecule has 4 N–H and O–H groups in total. The van der Waals surface area contributed by atoms with Crippen LogP contribution in [0.1, 0.15) is 34.7 Å². The molecule has 2 atom stereocenters. The van der Waals surface area contributed by atoms with E-state index in [0.717, 1.165) is 44.6 Å². The van der Waals surface area contributed by atoms with E-state index in [1.54, 1.807) is 0 Å². The quantitative estimate of drug-likeness (QED) is 0.604. The van der Waals surface area contributed by atoms with E-state index < -0.39 is 0 Å². The molecule has 6 nitrogen and oxygen atoms in total. The van der Waals surface area contributed by atoms with Crippen LogP contribution in [-0.2, 0) is 19.5 Å². The van der Waals surface area contributed by atoms with Gasteiger partial charge in [-0.2, -0.15) is 0 Å². The minimum absolute atomic E-state index is 0.152. The van der Waals surface area contributed by atoms with Gasteiger partial charge in [-0.25, -0.2) is 4.79 Å². The Balaban J connectivity index is 1.28. The number of carbonyl (C=O) groups is 1. The Hall–Kier alpha value is -2.41. The average Bonchev–Trinajstić information content (AvgIpc) is 3.16. The number of nitrogens with zero attached hydrogens (tertiary/aromatic N) is 1. The van der Waals surface area contributed by atoms with E-state index in [0.29, 0.717) is 13.1 Å². The first-order valence-electron chi connectivity index (χ1n) is 10.5. The second-order valence-electron chi connectivity index (χ2n) is 7.97. The van der Waals surface area contributed by atoms with Crippen LogP contribution in [-0.4, -0.2) is 48.3 Å². The zero-order chi connectivity index (χ0) is 20.1. The van der Waals surface area contributed by atoms with Crippen LogP contribution in [0, 0.1) is 0 Å². The summed E-state index contributed by atoms with van der Waals surface area (Å²) in [6, 6.07) is 16.6. The molecule has 0 aromatic heterocycles. The monoisotopic (exact) mass is 394 g/mol. The minimum Gasteiger partial charge on any atom is -0.392 e. The normalized spacial score (nSPS) is 21.6. The third-order valence-corrected chi connectivity index (χ3v) is 5.88. The van der Waals surface area contributed by atoms with Crippen LogP contribution in [0.3, 0.4) is 0 Å². The molecular formula is C23H30N4O2. The maximum atomic E-state index is 12.4. The Labute approximate surface area is 172 Å². The lowest BCUT2D eigenvalue weighted by atomic mass is 9.94. The summed E-state index contributed by atoms with van der Waals surface area (Å²) in [6.07, 6.45) is 1.65. The van der Waals surface area contributed by atoms with Gasteiger partial charge in [0.05, 0.1) is 6.10 Å². The van der Waals surface area contributed by atoms with Crippen molar-refractivity contribution in [1.29, 1.82) is 0 Å². The standard InChI is InChI=1S/C23H30N4O2/c28-20-10-12-27(16-20)15-19-7-2-1-6-18(19)13-25-23(29)26-14-22-21-8-4-3-5-17(21)9-11-24-22/h1-8,20,22,24,28H,9-16H2,(H2,25,26,29). The van der Waals surface area contributed by atoms with E-state index in [4.69, 9.17) is 0 Å².